The number of hydrogen-bond acceptors (Lipinski definition) is 1. The number of rotatable bonds is 0. The van der Waals surface area contributed by atoms with Gasteiger partial charge < -0.3 is 5.11 Å². The lowest BCUT2D eigenvalue weighted by Crippen LogP contribution is -2.19. The molecule has 1 nitrogen and oxygen atoms in total. The Balaban J connectivity index is 2.33. The van der Waals surface area contributed by atoms with E-state index in [4.69, 9.17) is 0 Å². The van der Waals surface area contributed by atoms with Crippen molar-refractivity contribution in [2.45, 2.75) is 12.1 Å². The lowest BCUT2D eigenvalue weighted by Gasteiger charge is -2.17. The van der Waals surface area contributed by atoms with E-state index in [1.54, 1.807) is 0 Å². The van der Waals surface area contributed by atoms with Gasteiger partial charge in [0, 0.05) is 0 Å². The zero-order valence-corrected chi connectivity index (χ0v) is 9.50. The van der Waals surface area contributed by atoms with Crippen molar-refractivity contribution in [3.63, 3.8) is 0 Å². The fourth-order valence-corrected chi connectivity index (χ4v) is 2.56. The molecule has 0 saturated carbocycles. The smallest absolute Gasteiger partial charge is 0.399 e. The molecule has 1 atom stereocenters. The number of fused-ring (bicyclic) bond motifs is 3. The minimum atomic E-state index is -4.45. The first-order chi connectivity index (χ1) is 8.88. The van der Waals surface area contributed by atoms with Crippen LogP contribution in [0.25, 0.3) is 11.1 Å². The van der Waals surface area contributed by atoms with E-state index in [1.807, 2.05) is 0 Å². The van der Waals surface area contributed by atoms with E-state index in [9.17, 15) is 22.7 Å². The maximum absolute atomic E-state index is 13.2. The van der Waals surface area contributed by atoms with Crippen LogP contribution in [0.15, 0.2) is 36.4 Å². The van der Waals surface area contributed by atoms with Gasteiger partial charge in [0.05, 0.1) is 0 Å². The van der Waals surface area contributed by atoms with Crippen molar-refractivity contribution in [1.82, 2.24) is 0 Å². The summed E-state index contributed by atoms with van der Waals surface area (Å²) >= 11 is 0. The van der Waals surface area contributed by atoms with Crippen molar-refractivity contribution < 1.29 is 22.7 Å². The van der Waals surface area contributed by atoms with E-state index in [-0.39, 0.29) is 28.0 Å². The van der Waals surface area contributed by atoms with Gasteiger partial charge in [0.2, 0.25) is 0 Å². The Labute approximate surface area is 106 Å². The van der Waals surface area contributed by atoms with Crippen LogP contribution in [0.4, 0.5) is 17.6 Å². The average molecular weight is 268 g/mol. The molecule has 0 heterocycles. The molecule has 5 heteroatoms. The highest BCUT2D eigenvalue weighted by molar-refractivity contribution is 5.80. The Kier molecular flexibility index (Phi) is 2.36. The van der Waals surface area contributed by atoms with Crippen LogP contribution in [0.1, 0.15) is 17.0 Å². The zero-order valence-electron chi connectivity index (χ0n) is 9.50. The highest BCUT2D eigenvalue weighted by Crippen LogP contribution is 2.52. The van der Waals surface area contributed by atoms with Crippen LogP contribution in [-0.2, 0) is 0 Å². The molecular formula is C14H8F4O. The van der Waals surface area contributed by atoms with Gasteiger partial charge in [-0.25, -0.2) is 4.39 Å². The van der Waals surface area contributed by atoms with Gasteiger partial charge in [-0.05, 0) is 46.5 Å². The second-order valence-electron chi connectivity index (χ2n) is 4.48. The maximum Gasteiger partial charge on any atom is 0.399 e. The van der Waals surface area contributed by atoms with Gasteiger partial charge in [-0.3, -0.25) is 0 Å². The summed E-state index contributed by atoms with van der Waals surface area (Å²) in [5, 5.41) is 9.41. The standard InChI is InChI=1S/C14H8F4O/c15-7-1-3-9-11(5-7)12-6-8(19)2-4-10(12)13(9)14(16,17)18/h1-6,13,19H. The minimum absolute atomic E-state index is 0.0227. The van der Waals surface area contributed by atoms with Gasteiger partial charge in [-0.1, -0.05) is 12.1 Å². The first kappa shape index (κ1) is 12.0. The van der Waals surface area contributed by atoms with Crippen LogP contribution < -0.4 is 0 Å². The Morgan fingerprint density at radius 3 is 2.11 bits per heavy atom. The summed E-state index contributed by atoms with van der Waals surface area (Å²) in [6, 6.07) is 6.92. The second kappa shape index (κ2) is 3.73. The van der Waals surface area contributed by atoms with Gasteiger partial charge in [0.15, 0.2) is 0 Å². The summed E-state index contributed by atoms with van der Waals surface area (Å²) in [5.74, 6) is -2.51. The van der Waals surface area contributed by atoms with E-state index in [0.717, 1.165) is 18.2 Å². The number of halogens is 4. The predicted octanol–water partition coefficient (Wildman–Crippen LogP) is 4.21. The third-order valence-electron chi connectivity index (χ3n) is 3.29. The van der Waals surface area contributed by atoms with Crippen molar-refractivity contribution in [2.75, 3.05) is 0 Å². The van der Waals surface area contributed by atoms with Gasteiger partial charge in [-0.2, -0.15) is 13.2 Å². The molecule has 0 fully saturated rings. The van der Waals surface area contributed by atoms with Crippen LogP contribution >= 0.6 is 0 Å². The van der Waals surface area contributed by atoms with E-state index in [1.165, 1.54) is 18.2 Å². The zero-order chi connectivity index (χ0) is 13.8. The summed E-state index contributed by atoms with van der Waals surface area (Å²) in [7, 11) is 0. The molecule has 2 aromatic rings. The van der Waals surface area contributed by atoms with E-state index < -0.39 is 17.9 Å². The third kappa shape index (κ3) is 1.77. The van der Waals surface area contributed by atoms with Crippen LogP contribution in [0, 0.1) is 5.82 Å². The Morgan fingerprint density at radius 2 is 1.47 bits per heavy atom. The topological polar surface area (TPSA) is 20.2 Å². The van der Waals surface area contributed by atoms with Crippen LogP contribution in [0.3, 0.4) is 0 Å². The molecule has 0 bridgehead atoms. The predicted molar refractivity (Wildman–Crippen MR) is 61.4 cm³/mol. The molecule has 98 valence electrons. The number of aromatic hydroxyl groups is 1. The van der Waals surface area contributed by atoms with Crippen molar-refractivity contribution in [1.29, 1.82) is 0 Å². The normalized spacial score (nSPS) is 17.2. The van der Waals surface area contributed by atoms with E-state index in [0.29, 0.717) is 0 Å². The SMILES string of the molecule is Oc1ccc2c(c1)-c1cc(F)ccc1C2C(F)(F)F. The largest absolute Gasteiger partial charge is 0.508 e. The number of benzene rings is 2. The first-order valence-corrected chi connectivity index (χ1v) is 5.57. The van der Waals surface area contributed by atoms with Crippen LogP contribution in [0.5, 0.6) is 5.75 Å². The lowest BCUT2D eigenvalue weighted by molar-refractivity contribution is -0.140. The second-order valence-corrected chi connectivity index (χ2v) is 4.48. The number of alkyl halides is 3. The highest BCUT2D eigenvalue weighted by atomic mass is 19.4. The molecule has 0 spiro atoms. The molecule has 0 saturated heterocycles. The molecule has 3 rings (SSSR count). The minimum Gasteiger partial charge on any atom is -0.508 e. The molecule has 1 aliphatic rings. The monoisotopic (exact) mass is 268 g/mol. The van der Waals surface area contributed by atoms with Crippen molar-refractivity contribution >= 4 is 0 Å². The van der Waals surface area contributed by atoms with Gasteiger partial charge >= 0.3 is 6.18 Å². The van der Waals surface area contributed by atoms with Crippen molar-refractivity contribution in [3.8, 4) is 16.9 Å². The molecule has 1 unspecified atom stereocenters. The molecule has 0 aliphatic heterocycles. The third-order valence-corrected chi connectivity index (χ3v) is 3.29. The maximum atomic E-state index is 13.2. The summed E-state index contributed by atoms with van der Waals surface area (Å²) in [6.45, 7) is 0. The summed E-state index contributed by atoms with van der Waals surface area (Å²) in [4.78, 5) is 0. The molecule has 2 aromatic carbocycles. The fourth-order valence-electron chi connectivity index (χ4n) is 2.56. The van der Waals surface area contributed by atoms with Gasteiger partial charge in [0.1, 0.15) is 17.5 Å². The summed E-state index contributed by atoms with van der Waals surface area (Å²) in [6.07, 6.45) is -4.45. The molecule has 0 amide bonds. The van der Waals surface area contributed by atoms with Gasteiger partial charge in [-0.15, -0.1) is 0 Å². The quantitative estimate of drug-likeness (QED) is 0.710. The summed E-state index contributed by atoms with van der Waals surface area (Å²) in [5.41, 5.74) is 0.491. The Bertz CT molecular complexity index is 609. The molecule has 19 heavy (non-hydrogen) atoms. The average Bonchev–Trinajstić information content (AvgIpc) is 2.62. The Hall–Kier alpha value is -2.04. The summed E-state index contributed by atoms with van der Waals surface area (Å²) < 4.78 is 52.7. The molecule has 1 aliphatic carbocycles. The molecule has 0 aromatic heterocycles. The van der Waals surface area contributed by atoms with Crippen LogP contribution in [0.2, 0.25) is 0 Å². The number of phenols is 1. The first-order valence-electron chi connectivity index (χ1n) is 5.57. The van der Waals surface area contributed by atoms with E-state index in [2.05, 4.69) is 0 Å². The Morgan fingerprint density at radius 1 is 0.895 bits per heavy atom. The van der Waals surface area contributed by atoms with Crippen LogP contribution in [-0.4, -0.2) is 11.3 Å². The van der Waals surface area contributed by atoms with Crippen molar-refractivity contribution in [2.24, 2.45) is 0 Å². The highest BCUT2D eigenvalue weighted by Gasteiger charge is 2.47. The van der Waals surface area contributed by atoms with E-state index >= 15 is 0 Å². The van der Waals surface area contributed by atoms with Crippen molar-refractivity contribution in [3.05, 3.63) is 53.3 Å². The molecule has 0 radical (unpaired) electrons. The lowest BCUT2D eigenvalue weighted by atomic mass is 9.96. The molecule has 1 N–H and O–H groups in total. The number of phenolic OH excluding ortho intramolecular Hbond substituents is 1. The van der Waals surface area contributed by atoms with Gasteiger partial charge in [0.25, 0.3) is 0 Å². The number of hydrogen-bond donors (Lipinski definition) is 1. The fraction of sp³-hybridized carbons (Fsp3) is 0.143. The molecular weight excluding hydrogens is 260 g/mol.